The summed E-state index contributed by atoms with van der Waals surface area (Å²) in [6.45, 7) is 0. The Morgan fingerprint density at radius 3 is 1.15 bits per heavy atom. The highest BCUT2D eigenvalue weighted by molar-refractivity contribution is 6.05. The first kappa shape index (κ1) is 17.3. The first-order valence-electron chi connectivity index (χ1n) is 7.75. The summed E-state index contributed by atoms with van der Waals surface area (Å²) in [6, 6.07) is 16.9. The number of nitrogens with one attached hydrogen (secondary N) is 2. The summed E-state index contributed by atoms with van der Waals surface area (Å²) in [5.41, 5.74) is 1.72. The molecule has 0 saturated carbocycles. The predicted molar refractivity (Wildman–Crippen MR) is 95.1 cm³/mol. The molecule has 3 rings (SSSR count). The third-order valence-corrected chi connectivity index (χ3v) is 3.61. The molecule has 130 valence electrons. The number of hydrogen-bond donors (Lipinski definition) is 2. The van der Waals surface area contributed by atoms with E-state index in [0.29, 0.717) is 22.5 Å². The average molecular weight is 352 g/mol. The molecule has 3 aromatic rings. The van der Waals surface area contributed by atoms with Gasteiger partial charge in [0.25, 0.3) is 11.8 Å². The second-order valence-electron chi connectivity index (χ2n) is 5.50. The zero-order valence-electron chi connectivity index (χ0n) is 13.5. The van der Waals surface area contributed by atoms with Crippen molar-refractivity contribution in [3.05, 3.63) is 95.6 Å². The van der Waals surface area contributed by atoms with Crippen LogP contribution in [0, 0.1) is 11.6 Å². The highest BCUT2D eigenvalue weighted by Crippen LogP contribution is 2.16. The number of benzene rings is 3. The van der Waals surface area contributed by atoms with Gasteiger partial charge in [0.05, 0.1) is 0 Å². The van der Waals surface area contributed by atoms with E-state index in [1.807, 2.05) is 0 Å². The molecule has 26 heavy (non-hydrogen) atoms. The minimum atomic E-state index is -0.414. The molecule has 0 fully saturated rings. The Balaban J connectivity index is 1.62. The summed E-state index contributed by atoms with van der Waals surface area (Å²) in [7, 11) is 0. The maximum Gasteiger partial charge on any atom is 0.255 e. The van der Waals surface area contributed by atoms with E-state index >= 15 is 0 Å². The Morgan fingerprint density at radius 1 is 0.538 bits per heavy atom. The van der Waals surface area contributed by atoms with Crippen LogP contribution in [-0.2, 0) is 0 Å². The van der Waals surface area contributed by atoms with E-state index in [-0.39, 0.29) is 11.8 Å². The lowest BCUT2D eigenvalue weighted by Crippen LogP contribution is -2.13. The average Bonchev–Trinajstić information content (AvgIpc) is 2.64. The van der Waals surface area contributed by atoms with Crippen LogP contribution in [0.4, 0.5) is 20.2 Å². The molecular formula is C20H14F2N2O2. The van der Waals surface area contributed by atoms with Crippen LogP contribution in [-0.4, -0.2) is 11.8 Å². The van der Waals surface area contributed by atoms with Crippen LogP contribution in [0.25, 0.3) is 0 Å². The lowest BCUT2D eigenvalue weighted by Gasteiger charge is -2.08. The van der Waals surface area contributed by atoms with Crippen molar-refractivity contribution in [1.29, 1.82) is 0 Å². The zero-order valence-corrected chi connectivity index (χ0v) is 13.5. The van der Waals surface area contributed by atoms with E-state index in [0.717, 1.165) is 0 Å². The van der Waals surface area contributed by atoms with Crippen LogP contribution in [0.1, 0.15) is 20.7 Å². The van der Waals surface area contributed by atoms with E-state index < -0.39 is 11.6 Å². The van der Waals surface area contributed by atoms with Crippen LogP contribution >= 0.6 is 0 Å². The zero-order chi connectivity index (χ0) is 18.5. The molecule has 0 unspecified atom stereocenters. The molecule has 6 heteroatoms. The third-order valence-electron chi connectivity index (χ3n) is 3.61. The Kier molecular flexibility index (Phi) is 5.03. The molecule has 0 bridgehead atoms. The molecule has 0 aliphatic carbocycles. The molecule has 0 aliphatic rings. The largest absolute Gasteiger partial charge is 0.322 e. The van der Waals surface area contributed by atoms with Crippen molar-refractivity contribution in [3.63, 3.8) is 0 Å². The van der Waals surface area contributed by atoms with Crippen LogP contribution in [0.2, 0.25) is 0 Å². The molecule has 2 amide bonds. The van der Waals surface area contributed by atoms with Gasteiger partial charge < -0.3 is 10.6 Å². The smallest absolute Gasteiger partial charge is 0.255 e. The maximum absolute atomic E-state index is 12.9. The van der Waals surface area contributed by atoms with Crippen molar-refractivity contribution in [2.24, 2.45) is 0 Å². The van der Waals surface area contributed by atoms with Crippen molar-refractivity contribution in [3.8, 4) is 0 Å². The first-order valence-corrected chi connectivity index (χ1v) is 7.75. The van der Waals surface area contributed by atoms with Crippen molar-refractivity contribution >= 4 is 23.2 Å². The second-order valence-corrected chi connectivity index (χ2v) is 5.50. The molecule has 0 radical (unpaired) electrons. The molecule has 0 heterocycles. The molecule has 0 saturated heterocycles. The van der Waals surface area contributed by atoms with Crippen LogP contribution in [0.5, 0.6) is 0 Å². The van der Waals surface area contributed by atoms with Crippen molar-refractivity contribution in [1.82, 2.24) is 0 Å². The van der Waals surface area contributed by atoms with E-state index in [2.05, 4.69) is 10.6 Å². The Labute approximate surface area is 148 Å². The molecule has 4 nitrogen and oxygen atoms in total. The van der Waals surface area contributed by atoms with Gasteiger partial charge in [0, 0.05) is 22.5 Å². The topological polar surface area (TPSA) is 58.2 Å². The summed E-state index contributed by atoms with van der Waals surface area (Å²) in [4.78, 5) is 24.1. The van der Waals surface area contributed by atoms with Crippen molar-refractivity contribution in [2.45, 2.75) is 0 Å². The van der Waals surface area contributed by atoms with Gasteiger partial charge in [0.2, 0.25) is 0 Å². The SMILES string of the molecule is O=C(Nc1ccc(NC(=O)c2ccc(F)cc2)cc1)c1ccc(F)cc1. The quantitative estimate of drug-likeness (QED) is 0.728. The number of hydrogen-bond acceptors (Lipinski definition) is 2. The van der Waals surface area contributed by atoms with Gasteiger partial charge in [0.15, 0.2) is 0 Å². The lowest BCUT2D eigenvalue weighted by molar-refractivity contribution is 0.101. The number of rotatable bonds is 4. The fraction of sp³-hybridized carbons (Fsp3) is 0. The van der Waals surface area contributed by atoms with E-state index in [1.54, 1.807) is 24.3 Å². The molecule has 2 N–H and O–H groups in total. The summed E-state index contributed by atoms with van der Waals surface area (Å²) >= 11 is 0. The van der Waals surface area contributed by atoms with Gasteiger partial charge in [-0.25, -0.2) is 8.78 Å². The fourth-order valence-corrected chi connectivity index (χ4v) is 2.25. The molecule has 0 aliphatic heterocycles. The van der Waals surface area contributed by atoms with Gasteiger partial charge in [-0.1, -0.05) is 0 Å². The van der Waals surface area contributed by atoms with Crippen LogP contribution in [0.3, 0.4) is 0 Å². The second kappa shape index (κ2) is 7.57. The van der Waals surface area contributed by atoms with Gasteiger partial charge in [0.1, 0.15) is 11.6 Å². The monoisotopic (exact) mass is 352 g/mol. The lowest BCUT2D eigenvalue weighted by atomic mass is 10.2. The minimum absolute atomic E-state index is 0.333. The highest BCUT2D eigenvalue weighted by atomic mass is 19.1. The molecule has 0 spiro atoms. The van der Waals surface area contributed by atoms with Gasteiger partial charge in [-0.05, 0) is 72.8 Å². The maximum atomic E-state index is 12.9. The van der Waals surface area contributed by atoms with Gasteiger partial charge in [-0.2, -0.15) is 0 Å². The number of carbonyl (C=O) groups excluding carboxylic acids is 2. The van der Waals surface area contributed by atoms with E-state index in [4.69, 9.17) is 0 Å². The predicted octanol–water partition coefficient (Wildman–Crippen LogP) is 4.47. The molecule has 0 atom stereocenters. The minimum Gasteiger partial charge on any atom is -0.322 e. The Bertz CT molecular complexity index is 843. The standard InChI is InChI=1S/C20H14F2N2O2/c21-15-5-1-13(2-6-15)19(25)23-17-9-11-18(12-10-17)24-20(26)14-3-7-16(22)8-4-14/h1-12H,(H,23,25)(H,24,26). The summed E-state index contributed by atoms with van der Waals surface area (Å²) in [5.74, 6) is -1.56. The number of halogens is 2. The Morgan fingerprint density at radius 2 is 0.846 bits per heavy atom. The molecule has 0 aromatic heterocycles. The summed E-state index contributed by atoms with van der Waals surface area (Å²) in [5, 5.41) is 5.36. The summed E-state index contributed by atoms with van der Waals surface area (Å²) in [6.07, 6.45) is 0. The first-order chi connectivity index (χ1) is 12.5. The van der Waals surface area contributed by atoms with Crippen LogP contribution in [0.15, 0.2) is 72.8 Å². The Hall–Kier alpha value is -3.54. The number of amides is 2. The van der Waals surface area contributed by atoms with Gasteiger partial charge >= 0.3 is 0 Å². The molecule has 3 aromatic carbocycles. The van der Waals surface area contributed by atoms with Crippen molar-refractivity contribution in [2.75, 3.05) is 10.6 Å². The third kappa shape index (κ3) is 4.30. The summed E-state index contributed by atoms with van der Waals surface area (Å²) < 4.78 is 25.8. The van der Waals surface area contributed by atoms with Crippen LogP contribution < -0.4 is 10.6 Å². The van der Waals surface area contributed by atoms with Crippen molar-refractivity contribution < 1.29 is 18.4 Å². The van der Waals surface area contributed by atoms with Gasteiger partial charge in [-0.15, -0.1) is 0 Å². The van der Waals surface area contributed by atoms with Gasteiger partial charge in [-0.3, -0.25) is 9.59 Å². The van der Waals surface area contributed by atoms with E-state index in [9.17, 15) is 18.4 Å². The van der Waals surface area contributed by atoms with E-state index in [1.165, 1.54) is 48.5 Å². The number of anilines is 2. The fourth-order valence-electron chi connectivity index (χ4n) is 2.25. The highest BCUT2D eigenvalue weighted by Gasteiger charge is 2.08. The number of carbonyl (C=O) groups is 2. The normalized spacial score (nSPS) is 10.2. The molecular weight excluding hydrogens is 338 g/mol.